The zero-order chi connectivity index (χ0) is 13.7. The maximum Gasteiger partial charge on any atom is 0.223 e. The number of hydrogen-bond acceptors (Lipinski definition) is 3. The van der Waals surface area contributed by atoms with Gasteiger partial charge in [-0.2, -0.15) is 0 Å². The molecule has 104 valence electrons. The first-order chi connectivity index (χ1) is 9.13. The molecule has 4 nitrogen and oxygen atoms in total. The first-order valence-electron chi connectivity index (χ1n) is 6.85. The van der Waals surface area contributed by atoms with E-state index in [1.807, 2.05) is 31.2 Å². The Labute approximate surface area is 114 Å². The summed E-state index contributed by atoms with van der Waals surface area (Å²) in [5.74, 6) is 1.43. The topological polar surface area (TPSA) is 64.3 Å². The predicted molar refractivity (Wildman–Crippen MR) is 75.0 cm³/mol. The van der Waals surface area contributed by atoms with E-state index < -0.39 is 0 Å². The van der Waals surface area contributed by atoms with Crippen molar-refractivity contribution in [3.05, 3.63) is 29.8 Å². The van der Waals surface area contributed by atoms with Gasteiger partial charge in [-0.25, -0.2) is 0 Å². The van der Waals surface area contributed by atoms with Crippen LogP contribution < -0.4 is 15.8 Å². The van der Waals surface area contributed by atoms with Crippen LogP contribution in [0.4, 0.5) is 0 Å². The molecule has 1 aliphatic rings. The van der Waals surface area contributed by atoms with Crippen molar-refractivity contribution in [3.8, 4) is 5.75 Å². The number of aryl methyl sites for hydroxylation is 1. The van der Waals surface area contributed by atoms with Crippen LogP contribution >= 0.6 is 0 Å². The van der Waals surface area contributed by atoms with Crippen molar-refractivity contribution in [2.75, 3.05) is 13.2 Å². The molecule has 1 aliphatic carbocycles. The molecule has 4 heteroatoms. The van der Waals surface area contributed by atoms with E-state index in [2.05, 4.69) is 5.32 Å². The average Bonchev–Trinajstić information content (AvgIpc) is 2.33. The highest BCUT2D eigenvalue weighted by Gasteiger charge is 2.25. The molecular weight excluding hydrogens is 240 g/mol. The van der Waals surface area contributed by atoms with Crippen molar-refractivity contribution < 1.29 is 9.53 Å². The van der Waals surface area contributed by atoms with Gasteiger partial charge in [0.1, 0.15) is 5.75 Å². The van der Waals surface area contributed by atoms with Crippen molar-refractivity contribution in [2.24, 2.45) is 11.7 Å². The Balaban J connectivity index is 1.58. The summed E-state index contributed by atoms with van der Waals surface area (Å²) >= 11 is 0. The van der Waals surface area contributed by atoms with Crippen LogP contribution in [0.3, 0.4) is 0 Å². The third-order valence-electron chi connectivity index (χ3n) is 3.45. The van der Waals surface area contributed by atoms with Crippen molar-refractivity contribution >= 4 is 5.91 Å². The van der Waals surface area contributed by atoms with Gasteiger partial charge in [0.2, 0.25) is 5.91 Å². The minimum absolute atomic E-state index is 0.0492. The highest BCUT2D eigenvalue weighted by molar-refractivity contribution is 5.76. The van der Waals surface area contributed by atoms with Gasteiger partial charge in [0.15, 0.2) is 0 Å². The third-order valence-corrected chi connectivity index (χ3v) is 3.45. The fraction of sp³-hybridized carbons (Fsp3) is 0.533. The van der Waals surface area contributed by atoms with Crippen molar-refractivity contribution in [1.29, 1.82) is 0 Å². The van der Waals surface area contributed by atoms with E-state index in [9.17, 15) is 4.79 Å². The number of ether oxygens (including phenoxy) is 1. The van der Waals surface area contributed by atoms with E-state index in [1.54, 1.807) is 0 Å². The fourth-order valence-corrected chi connectivity index (χ4v) is 2.27. The minimum atomic E-state index is 0.0492. The fourth-order valence-electron chi connectivity index (χ4n) is 2.27. The van der Waals surface area contributed by atoms with Gasteiger partial charge in [0.05, 0.1) is 13.0 Å². The smallest absolute Gasteiger partial charge is 0.223 e. The molecule has 0 unspecified atom stereocenters. The molecule has 1 saturated carbocycles. The summed E-state index contributed by atoms with van der Waals surface area (Å²) in [6, 6.07) is 8.17. The normalized spacial score (nSPS) is 21.6. The summed E-state index contributed by atoms with van der Waals surface area (Å²) in [5.41, 5.74) is 6.86. The molecule has 0 atom stereocenters. The van der Waals surface area contributed by atoms with E-state index in [1.165, 1.54) is 0 Å². The van der Waals surface area contributed by atoms with Crippen LogP contribution in [0.25, 0.3) is 0 Å². The summed E-state index contributed by atoms with van der Waals surface area (Å²) < 4.78 is 5.54. The largest absolute Gasteiger partial charge is 0.493 e. The number of amides is 1. The van der Waals surface area contributed by atoms with E-state index in [-0.39, 0.29) is 5.91 Å². The van der Waals surface area contributed by atoms with E-state index in [0.29, 0.717) is 25.0 Å². The molecule has 1 aromatic rings. The Morgan fingerprint density at radius 1 is 1.47 bits per heavy atom. The maximum absolute atomic E-state index is 11.6. The van der Waals surface area contributed by atoms with Gasteiger partial charge < -0.3 is 15.8 Å². The molecule has 1 fully saturated rings. The summed E-state index contributed by atoms with van der Waals surface area (Å²) in [6.07, 6.45) is 2.45. The lowest BCUT2D eigenvalue weighted by Crippen LogP contribution is -2.42. The summed E-state index contributed by atoms with van der Waals surface area (Å²) in [7, 11) is 0. The van der Waals surface area contributed by atoms with Crippen molar-refractivity contribution in [1.82, 2.24) is 5.32 Å². The molecule has 0 heterocycles. The van der Waals surface area contributed by atoms with Gasteiger partial charge in [-0.1, -0.05) is 12.1 Å². The quantitative estimate of drug-likeness (QED) is 0.818. The SMILES string of the molecule is Cc1cccc(OCCC(=O)NCC2CC(N)C2)c1. The second kappa shape index (κ2) is 6.57. The third kappa shape index (κ3) is 4.56. The number of carbonyl (C=O) groups is 1. The van der Waals surface area contributed by atoms with Crippen LogP contribution in [-0.2, 0) is 4.79 Å². The van der Waals surface area contributed by atoms with Crippen LogP contribution in [0.15, 0.2) is 24.3 Å². The molecule has 1 amide bonds. The minimum Gasteiger partial charge on any atom is -0.493 e. The monoisotopic (exact) mass is 262 g/mol. The maximum atomic E-state index is 11.6. The molecular formula is C15H22N2O2. The lowest BCUT2D eigenvalue weighted by Gasteiger charge is -2.32. The predicted octanol–water partition coefficient (Wildman–Crippen LogP) is 1.62. The van der Waals surface area contributed by atoms with Crippen LogP contribution in [0, 0.1) is 12.8 Å². The number of hydrogen-bond donors (Lipinski definition) is 2. The number of rotatable bonds is 6. The Hall–Kier alpha value is -1.55. The van der Waals surface area contributed by atoms with E-state index in [0.717, 1.165) is 30.7 Å². The van der Waals surface area contributed by atoms with E-state index in [4.69, 9.17) is 10.5 Å². The summed E-state index contributed by atoms with van der Waals surface area (Å²) in [4.78, 5) is 11.6. The van der Waals surface area contributed by atoms with Gasteiger partial charge in [-0.05, 0) is 43.4 Å². The first kappa shape index (κ1) is 13.9. The Morgan fingerprint density at radius 2 is 2.26 bits per heavy atom. The molecule has 0 spiro atoms. The second-order valence-electron chi connectivity index (χ2n) is 5.32. The van der Waals surface area contributed by atoms with Crippen LogP contribution in [0.1, 0.15) is 24.8 Å². The molecule has 1 aromatic carbocycles. The molecule has 19 heavy (non-hydrogen) atoms. The van der Waals surface area contributed by atoms with Gasteiger partial charge >= 0.3 is 0 Å². The summed E-state index contributed by atoms with van der Waals surface area (Å²) in [6.45, 7) is 3.18. The van der Waals surface area contributed by atoms with Crippen molar-refractivity contribution in [2.45, 2.75) is 32.2 Å². The molecule has 0 radical (unpaired) electrons. The lowest BCUT2D eigenvalue weighted by atomic mass is 9.81. The van der Waals surface area contributed by atoms with Crippen LogP contribution in [0.5, 0.6) is 5.75 Å². The zero-order valence-corrected chi connectivity index (χ0v) is 11.4. The van der Waals surface area contributed by atoms with Crippen LogP contribution in [-0.4, -0.2) is 25.1 Å². The Bertz CT molecular complexity index is 428. The highest BCUT2D eigenvalue weighted by Crippen LogP contribution is 2.24. The number of nitrogens with two attached hydrogens (primary N) is 1. The molecule has 0 aliphatic heterocycles. The van der Waals surface area contributed by atoms with Gasteiger partial charge in [-0.3, -0.25) is 4.79 Å². The molecule has 0 bridgehead atoms. The van der Waals surface area contributed by atoms with Crippen molar-refractivity contribution in [3.63, 3.8) is 0 Å². The molecule has 2 rings (SSSR count). The molecule has 0 saturated heterocycles. The number of benzene rings is 1. The van der Waals surface area contributed by atoms with E-state index >= 15 is 0 Å². The first-order valence-corrected chi connectivity index (χ1v) is 6.85. The molecule has 3 N–H and O–H groups in total. The van der Waals surface area contributed by atoms with Gasteiger partial charge in [0.25, 0.3) is 0 Å². The number of carbonyl (C=O) groups excluding carboxylic acids is 1. The average molecular weight is 262 g/mol. The Morgan fingerprint density at radius 3 is 2.95 bits per heavy atom. The number of nitrogens with one attached hydrogen (secondary N) is 1. The molecule has 0 aromatic heterocycles. The zero-order valence-electron chi connectivity index (χ0n) is 11.4. The lowest BCUT2D eigenvalue weighted by molar-refractivity contribution is -0.121. The standard InChI is InChI=1S/C15H22N2O2/c1-11-3-2-4-14(7-11)19-6-5-15(18)17-10-12-8-13(16)9-12/h2-4,7,12-13H,5-6,8-10,16H2,1H3,(H,17,18). The van der Waals surface area contributed by atoms with Crippen LogP contribution in [0.2, 0.25) is 0 Å². The highest BCUT2D eigenvalue weighted by atomic mass is 16.5. The second-order valence-corrected chi connectivity index (χ2v) is 5.32. The Kier molecular flexibility index (Phi) is 4.80. The van der Waals surface area contributed by atoms with Gasteiger partial charge in [0, 0.05) is 12.6 Å². The van der Waals surface area contributed by atoms with Gasteiger partial charge in [-0.15, -0.1) is 0 Å². The summed E-state index contributed by atoms with van der Waals surface area (Å²) in [5, 5.41) is 2.93.